The molecule has 0 spiro atoms. The van der Waals surface area contributed by atoms with Crippen LogP contribution in [0.15, 0.2) is 77.9 Å². The number of hydrogen-bond donors (Lipinski definition) is 1. The second-order valence-electron chi connectivity index (χ2n) is 9.14. The Hall–Kier alpha value is -2.92. The van der Waals surface area contributed by atoms with E-state index in [0.29, 0.717) is 45.6 Å². The normalized spacial score (nSPS) is 18.9. The van der Waals surface area contributed by atoms with E-state index in [1.54, 1.807) is 0 Å². The number of hydrogen-bond acceptors (Lipinski definition) is 4. The Morgan fingerprint density at radius 2 is 1.72 bits per heavy atom. The van der Waals surface area contributed by atoms with Gasteiger partial charge in [-0.1, -0.05) is 67.6 Å². The van der Waals surface area contributed by atoms with Gasteiger partial charge in [0.1, 0.15) is 6.67 Å². The van der Waals surface area contributed by atoms with Crippen LogP contribution < -0.4 is 0 Å². The standard InChI is InChI=1S/C27H33N3O2/c1-22(24-10-6-3-7-11-24)18-26(31)30-16-13-27(32,14-17-30)20-29-15-12-25(28-21-29)19-23-8-4-2-5-9-23/h2-12,15,22,32H,13-14,16-21H2,1H3. The highest BCUT2D eigenvalue weighted by atomic mass is 16.3. The largest absolute Gasteiger partial charge is 0.388 e. The van der Waals surface area contributed by atoms with Crippen molar-refractivity contribution in [3.8, 4) is 0 Å². The van der Waals surface area contributed by atoms with Crippen LogP contribution in [0.1, 0.15) is 43.2 Å². The van der Waals surface area contributed by atoms with Gasteiger partial charge in [0.25, 0.3) is 0 Å². The topological polar surface area (TPSA) is 56.1 Å². The maximum Gasteiger partial charge on any atom is 0.223 e. The second-order valence-corrected chi connectivity index (χ2v) is 9.14. The van der Waals surface area contributed by atoms with E-state index >= 15 is 0 Å². The molecule has 1 fully saturated rings. The van der Waals surface area contributed by atoms with E-state index in [1.165, 1.54) is 11.1 Å². The number of carbonyl (C=O) groups excluding carboxylic acids is 1. The van der Waals surface area contributed by atoms with E-state index < -0.39 is 5.60 Å². The Morgan fingerprint density at radius 1 is 1.06 bits per heavy atom. The minimum absolute atomic E-state index is 0.177. The van der Waals surface area contributed by atoms with Gasteiger partial charge < -0.3 is 14.9 Å². The molecule has 0 bridgehead atoms. The highest BCUT2D eigenvalue weighted by Gasteiger charge is 2.35. The van der Waals surface area contributed by atoms with Crippen molar-refractivity contribution >= 4 is 11.6 Å². The quantitative estimate of drug-likeness (QED) is 0.721. The molecular formula is C27H33N3O2. The lowest BCUT2D eigenvalue weighted by Crippen LogP contribution is -2.51. The molecule has 2 aromatic carbocycles. The number of nitrogens with zero attached hydrogens (tertiary/aromatic N) is 3. The van der Waals surface area contributed by atoms with Crippen LogP contribution in [0.25, 0.3) is 0 Å². The molecular weight excluding hydrogens is 398 g/mol. The van der Waals surface area contributed by atoms with Crippen molar-refractivity contribution in [3.05, 3.63) is 84.1 Å². The van der Waals surface area contributed by atoms with Crippen molar-refractivity contribution in [2.75, 3.05) is 26.3 Å². The van der Waals surface area contributed by atoms with Gasteiger partial charge >= 0.3 is 0 Å². The monoisotopic (exact) mass is 431 g/mol. The Kier molecular flexibility index (Phi) is 7.05. The molecule has 0 aliphatic carbocycles. The van der Waals surface area contributed by atoms with Gasteiger partial charge in [-0.3, -0.25) is 9.79 Å². The summed E-state index contributed by atoms with van der Waals surface area (Å²) in [6.45, 7) is 4.43. The summed E-state index contributed by atoms with van der Waals surface area (Å²) in [6, 6.07) is 20.5. The number of likely N-dealkylation sites (tertiary alicyclic amines) is 1. The molecule has 2 aliphatic heterocycles. The first-order valence-electron chi connectivity index (χ1n) is 11.6. The first-order chi connectivity index (χ1) is 15.5. The SMILES string of the molecule is CC(CC(=O)N1CCC(O)(CN2C=CC(Cc3ccccc3)=NC2)CC1)c1ccccc1. The summed E-state index contributed by atoms with van der Waals surface area (Å²) in [7, 11) is 0. The third kappa shape index (κ3) is 5.86. The maximum absolute atomic E-state index is 12.8. The molecule has 2 aliphatic rings. The molecule has 32 heavy (non-hydrogen) atoms. The molecule has 5 heteroatoms. The third-order valence-corrected chi connectivity index (χ3v) is 6.55. The zero-order valence-electron chi connectivity index (χ0n) is 18.9. The summed E-state index contributed by atoms with van der Waals surface area (Å²) in [4.78, 5) is 21.4. The smallest absolute Gasteiger partial charge is 0.223 e. The van der Waals surface area contributed by atoms with Gasteiger partial charge in [-0.25, -0.2) is 0 Å². The van der Waals surface area contributed by atoms with Crippen LogP contribution >= 0.6 is 0 Å². The van der Waals surface area contributed by atoms with Gasteiger partial charge in [-0.05, 0) is 36.0 Å². The van der Waals surface area contributed by atoms with Gasteiger partial charge in [0.15, 0.2) is 0 Å². The Bertz CT molecular complexity index is 947. The van der Waals surface area contributed by atoms with Crippen LogP contribution in [0.2, 0.25) is 0 Å². The summed E-state index contributed by atoms with van der Waals surface area (Å²) in [5.41, 5.74) is 2.73. The van der Waals surface area contributed by atoms with Gasteiger partial charge in [-0.15, -0.1) is 0 Å². The number of carbonyl (C=O) groups is 1. The lowest BCUT2D eigenvalue weighted by Gasteiger charge is -2.41. The summed E-state index contributed by atoms with van der Waals surface area (Å²) >= 11 is 0. The lowest BCUT2D eigenvalue weighted by atomic mass is 9.90. The molecule has 0 saturated carbocycles. The van der Waals surface area contributed by atoms with Crippen LogP contribution in [0, 0.1) is 0 Å². The van der Waals surface area contributed by atoms with E-state index in [4.69, 9.17) is 0 Å². The molecule has 1 unspecified atom stereocenters. The van der Waals surface area contributed by atoms with Crippen LogP contribution in [0.3, 0.4) is 0 Å². The molecule has 1 atom stereocenters. The van der Waals surface area contributed by atoms with Crippen LogP contribution in [0.5, 0.6) is 0 Å². The van der Waals surface area contributed by atoms with Gasteiger partial charge in [0.2, 0.25) is 5.91 Å². The number of amides is 1. The molecule has 0 aromatic heterocycles. The Balaban J connectivity index is 1.23. The minimum Gasteiger partial charge on any atom is -0.388 e. The van der Waals surface area contributed by atoms with E-state index in [9.17, 15) is 9.90 Å². The van der Waals surface area contributed by atoms with Gasteiger partial charge in [-0.2, -0.15) is 0 Å². The Morgan fingerprint density at radius 3 is 2.34 bits per heavy atom. The zero-order chi connectivity index (χ0) is 22.4. The van der Waals surface area contributed by atoms with Crippen molar-refractivity contribution in [3.63, 3.8) is 0 Å². The maximum atomic E-state index is 12.8. The van der Waals surface area contributed by atoms with E-state index in [1.807, 2.05) is 53.6 Å². The van der Waals surface area contributed by atoms with Crippen molar-refractivity contribution in [1.82, 2.24) is 9.80 Å². The summed E-state index contributed by atoms with van der Waals surface area (Å²) in [5.74, 6) is 0.377. The fraction of sp³-hybridized carbons (Fsp3) is 0.407. The number of benzene rings is 2. The van der Waals surface area contributed by atoms with Crippen LogP contribution in [-0.2, 0) is 11.2 Å². The molecule has 0 radical (unpaired) electrons. The highest BCUT2D eigenvalue weighted by molar-refractivity contribution is 5.96. The van der Waals surface area contributed by atoms with E-state index in [2.05, 4.69) is 41.1 Å². The molecule has 1 saturated heterocycles. The molecule has 5 nitrogen and oxygen atoms in total. The predicted molar refractivity (Wildman–Crippen MR) is 129 cm³/mol. The number of piperidine rings is 1. The molecule has 4 rings (SSSR count). The highest BCUT2D eigenvalue weighted by Crippen LogP contribution is 2.26. The Labute approximate surface area is 191 Å². The van der Waals surface area contributed by atoms with Gasteiger partial charge in [0.05, 0.1) is 5.60 Å². The first kappa shape index (κ1) is 22.3. The second kappa shape index (κ2) is 10.1. The number of β-amino-alcohol motifs (C(OH)–C–C–N with tert-alkyl or cyclic N) is 1. The number of aliphatic imine (C=N–C) groups is 1. The van der Waals surface area contributed by atoms with Crippen molar-refractivity contribution < 1.29 is 9.90 Å². The van der Waals surface area contributed by atoms with E-state index in [0.717, 1.165) is 12.1 Å². The minimum atomic E-state index is -0.779. The fourth-order valence-electron chi connectivity index (χ4n) is 4.49. The van der Waals surface area contributed by atoms with Crippen LogP contribution in [-0.4, -0.2) is 58.4 Å². The fourth-order valence-corrected chi connectivity index (χ4v) is 4.49. The summed E-state index contributed by atoms with van der Waals surface area (Å²) < 4.78 is 0. The third-order valence-electron chi connectivity index (χ3n) is 6.55. The summed E-state index contributed by atoms with van der Waals surface area (Å²) in [6.07, 6.45) is 6.63. The first-order valence-corrected chi connectivity index (χ1v) is 11.6. The van der Waals surface area contributed by atoms with Crippen molar-refractivity contribution in [2.24, 2.45) is 4.99 Å². The average molecular weight is 432 g/mol. The molecule has 168 valence electrons. The van der Waals surface area contributed by atoms with Crippen LogP contribution in [0.4, 0.5) is 0 Å². The lowest BCUT2D eigenvalue weighted by molar-refractivity contribution is -0.136. The van der Waals surface area contributed by atoms with Crippen molar-refractivity contribution in [1.29, 1.82) is 0 Å². The average Bonchev–Trinajstić information content (AvgIpc) is 2.82. The predicted octanol–water partition coefficient (Wildman–Crippen LogP) is 4.00. The number of aliphatic hydroxyl groups is 1. The molecule has 1 amide bonds. The van der Waals surface area contributed by atoms with Gasteiger partial charge in [0, 0.05) is 44.4 Å². The number of rotatable bonds is 7. The van der Waals surface area contributed by atoms with Crippen molar-refractivity contribution in [2.45, 2.75) is 44.1 Å². The number of allylic oxidation sites excluding steroid dienone is 1. The summed E-state index contributed by atoms with van der Waals surface area (Å²) in [5, 5.41) is 11.1. The molecule has 2 heterocycles. The molecule has 2 aromatic rings. The van der Waals surface area contributed by atoms with E-state index in [-0.39, 0.29) is 11.8 Å². The zero-order valence-corrected chi connectivity index (χ0v) is 18.9. The molecule has 1 N–H and O–H groups in total.